The Hall–Kier alpha value is -2.84. The Labute approximate surface area is 189 Å². The average molecular weight is 447 g/mol. The molecule has 2 aliphatic carbocycles. The number of anilines is 1. The normalized spacial score (nSPS) is 21.2. The Morgan fingerprint density at radius 2 is 1.78 bits per heavy atom. The van der Waals surface area contributed by atoms with Gasteiger partial charge in [-0.1, -0.05) is 19.3 Å². The fourth-order valence-corrected chi connectivity index (χ4v) is 4.32. The summed E-state index contributed by atoms with van der Waals surface area (Å²) in [6.45, 7) is 5.41. The maximum atomic E-state index is 12.9. The van der Waals surface area contributed by atoms with Crippen molar-refractivity contribution in [2.24, 2.45) is 0 Å². The third kappa shape index (κ3) is 6.11. The van der Waals surface area contributed by atoms with E-state index in [-0.39, 0.29) is 29.7 Å². The van der Waals surface area contributed by atoms with Gasteiger partial charge in [0, 0.05) is 36.8 Å². The summed E-state index contributed by atoms with van der Waals surface area (Å²) in [6.07, 6.45) is 6.18. The lowest BCUT2D eigenvalue weighted by Gasteiger charge is -2.37. The van der Waals surface area contributed by atoms with Gasteiger partial charge in [0.15, 0.2) is 0 Å². The zero-order chi connectivity index (χ0) is 23.5. The Bertz CT molecular complexity index is 854. The lowest BCUT2D eigenvalue weighted by molar-refractivity contribution is -0.384. The summed E-state index contributed by atoms with van der Waals surface area (Å²) < 4.78 is 5.25. The number of carbonyl (C=O) groups excluding carboxylic acids is 2. The zero-order valence-corrected chi connectivity index (χ0v) is 19.3. The number of benzene rings is 1. The molecule has 0 saturated heterocycles. The fourth-order valence-electron chi connectivity index (χ4n) is 4.32. The molecule has 0 aromatic heterocycles. The van der Waals surface area contributed by atoms with Crippen LogP contribution < -0.4 is 10.6 Å². The van der Waals surface area contributed by atoms with Crippen LogP contribution in [0.2, 0.25) is 0 Å². The van der Waals surface area contributed by atoms with Crippen molar-refractivity contribution < 1.29 is 19.2 Å². The smallest absolute Gasteiger partial charge is 0.407 e. The molecule has 3 rings (SSSR count). The molecule has 0 aliphatic heterocycles. The molecule has 0 spiro atoms. The minimum absolute atomic E-state index is 0.0000932. The fraction of sp³-hybridized carbons (Fsp3) is 0.652. The molecule has 1 aromatic carbocycles. The monoisotopic (exact) mass is 446 g/mol. The molecule has 0 heterocycles. The van der Waals surface area contributed by atoms with Crippen LogP contribution in [0.25, 0.3) is 0 Å². The van der Waals surface area contributed by atoms with Crippen LogP contribution in [-0.2, 0) is 4.74 Å². The summed E-state index contributed by atoms with van der Waals surface area (Å²) in [6, 6.07) is 4.77. The van der Waals surface area contributed by atoms with Crippen molar-refractivity contribution >= 4 is 23.4 Å². The largest absolute Gasteiger partial charge is 0.444 e. The number of amides is 2. The van der Waals surface area contributed by atoms with E-state index in [2.05, 4.69) is 10.6 Å². The van der Waals surface area contributed by atoms with Gasteiger partial charge in [0.2, 0.25) is 0 Å². The molecule has 2 fully saturated rings. The summed E-state index contributed by atoms with van der Waals surface area (Å²) >= 11 is 0. The lowest BCUT2D eigenvalue weighted by Crippen LogP contribution is -2.50. The van der Waals surface area contributed by atoms with Crippen molar-refractivity contribution in [3.8, 4) is 0 Å². The van der Waals surface area contributed by atoms with E-state index in [4.69, 9.17) is 4.74 Å². The van der Waals surface area contributed by atoms with E-state index in [1.807, 2.05) is 0 Å². The summed E-state index contributed by atoms with van der Waals surface area (Å²) in [5.74, 6) is -0.184. The Morgan fingerprint density at radius 3 is 2.38 bits per heavy atom. The number of hydrogen-bond donors (Lipinski definition) is 2. The van der Waals surface area contributed by atoms with Gasteiger partial charge in [0.1, 0.15) is 11.3 Å². The molecule has 0 atom stereocenters. The molecule has 2 saturated carbocycles. The Balaban J connectivity index is 1.59. The van der Waals surface area contributed by atoms with E-state index in [1.54, 1.807) is 44.9 Å². The van der Waals surface area contributed by atoms with Crippen LogP contribution in [0.3, 0.4) is 0 Å². The van der Waals surface area contributed by atoms with Gasteiger partial charge in [0.25, 0.3) is 11.6 Å². The predicted molar refractivity (Wildman–Crippen MR) is 122 cm³/mol. The quantitative estimate of drug-likeness (QED) is 0.492. The van der Waals surface area contributed by atoms with Crippen molar-refractivity contribution in [2.75, 3.05) is 12.4 Å². The van der Waals surface area contributed by atoms with Gasteiger partial charge in [-0.2, -0.15) is 0 Å². The maximum Gasteiger partial charge on any atom is 0.407 e. The SMILES string of the molecule is CN(C(=O)c1ccc(N[C@H]2C[C@@H](NC(=O)OC(C)(C)C)C2)c([N+](=O)[O-])c1)C1CCCCC1. The highest BCUT2D eigenvalue weighted by Gasteiger charge is 2.33. The molecule has 2 amide bonds. The highest BCUT2D eigenvalue weighted by atomic mass is 16.6. The number of alkyl carbamates (subject to hydrolysis) is 1. The van der Waals surface area contributed by atoms with Gasteiger partial charge < -0.3 is 20.3 Å². The van der Waals surface area contributed by atoms with Crippen molar-refractivity contribution in [3.63, 3.8) is 0 Å². The van der Waals surface area contributed by atoms with E-state index < -0.39 is 16.6 Å². The predicted octanol–water partition coefficient (Wildman–Crippen LogP) is 4.47. The Morgan fingerprint density at radius 1 is 1.12 bits per heavy atom. The standard InChI is InChI=1S/C23H34N4O5/c1-23(2,3)32-22(29)25-17-13-16(14-17)24-19-11-10-15(12-20(19)27(30)31)21(28)26(4)18-8-6-5-7-9-18/h10-12,16-18,24H,5-9,13-14H2,1-4H3,(H,25,29)/t16-,17+. The van der Waals surface area contributed by atoms with Crippen LogP contribution in [0.5, 0.6) is 0 Å². The number of hydrogen-bond acceptors (Lipinski definition) is 6. The van der Waals surface area contributed by atoms with Gasteiger partial charge in [-0.3, -0.25) is 14.9 Å². The minimum Gasteiger partial charge on any atom is -0.444 e. The number of carbonyl (C=O) groups is 2. The lowest BCUT2D eigenvalue weighted by atomic mass is 9.86. The maximum absolute atomic E-state index is 12.9. The number of nitro benzene ring substituents is 1. The summed E-state index contributed by atoms with van der Waals surface area (Å²) in [4.78, 5) is 37.7. The number of ether oxygens (including phenoxy) is 1. The van der Waals surface area contributed by atoms with Gasteiger partial charge in [-0.25, -0.2) is 4.79 Å². The number of rotatable bonds is 6. The summed E-state index contributed by atoms with van der Waals surface area (Å²) in [5.41, 5.74) is 0.0356. The molecule has 0 radical (unpaired) electrons. The van der Waals surface area contributed by atoms with Crippen LogP contribution in [0.1, 0.15) is 76.1 Å². The number of nitro groups is 1. The molecule has 1 aromatic rings. The van der Waals surface area contributed by atoms with Gasteiger partial charge in [-0.15, -0.1) is 0 Å². The molecule has 9 heteroatoms. The summed E-state index contributed by atoms with van der Waals surface area (Å²) in [5, 5.41) is 17.7. The van der Waals surface area contributed by atoms with Crippen LogP contribution in [0.15, 0.2) is 18.2 Å². The van der Waals surface area contributed by atoms with E-state index in [1.165, 1.54) is 12.5 Å². The highest BCUT2D eigenvalue weighted by molar-refractivity contribution is 5.95. The second-order valence-corrected chi connectivity index (χ2v) is 9.85. The van der Waals surface area contributed by atoms with E-state index in [0.29, 0.717) is 24.1 Å². The van der Waals surface area contributed by atoms with Crippen LogP contribution in [0, 0.1) is 10.1 Å². The Kier molecular flexibility index (Phi) is 7.26. The van der Waals surface area contributed by atoms with Crippen molar-refractivity contribution in [1.82, 2.24) is 10.2 Å². The topological polar surface area (TPSA) is 114 Å². The average Bonchev–Trinajstić information content (AvgIpc) is 2.70. The van der Waals surface area contributed by atoms with E-state index in [0.717, 1.165) is 25.7 Å². The first-order chi connectivity index (χ1) is 15.0. The second-order valence-electron chi connectivity index (χ2n) is 9.85. The molecule has 2 N–H and O–H groups in total. The van der Waals surface area contributed by atoms with Gasteiger partial charge in [0.05, 0.1) is 4.92 Å². The van der Waals surface area contributed by atoms with Gasteiger partial charge in [-0.05, 0) is 58.6 Å². The number of nitrogens with zero attached hydrogens (tertiary/aromatic N) is 2. The minimum atomic E-state index is -0.559. The van der Waals surface area contributed by atoms with Crippen LogP contribution >= 0.6 is 0 Å². The first-order valence-electron chi connectivity index (χ1n) is 11.3. The first-order valence-corrected chi connectivity index (χ1v) is 11.3. The molecule has 2 aliphatic rings. The van der Waals surface area contributed by atoms with E-state index >= 15 is 0 Å². The van der Waals surface area contributed by atoms with Crippen molar-refractivity contribution in [1.29, 1.82) is 0 Å². The third-order valence-corrected chi connectivity index (χ3v) is 6.10. The van der Waals surface area contributed by atoms with E-state index in [9.17, 15) is 19.7 Å². The third-order valence-electron chi connectivity index (χ3n) is 6.10. The number of nitrogens with one attached hydrogen (secondary N) is 2. The van der Waals surface area contributed by atoms with Crippen LogP contribution in [0.4, 0.5) is 16.2 Å². The summed E-state index contributed by atoms with van der Waals surface area (Å²) in [7, 11) is 1.78. The molecular weight excluding hydrogens is 412 g/mol. The van der Waals surface area contributed by atoms with Crippen molar-refractivity contribution in [3.05, 3.63) is 33.9 Å². The molecule has 9 nitrogen and oxygen atoms in total. The van der Waals surface area contributed by atoms with Crippen LogP contribution in [-0.4, -0.2) is 52.6 Å². The zero-order valence-electron chi connectivity index (χ0n) is 19.3. The highest BCUT2D eigenvalue weighted by Crippen LogP contribution is 2.32. The molecule has 0 bridgehead atoms. The molecule has 32 heavy (non-hydrogen) atoms. The second kappa shape index (κ2) is 9.75. The van der Waals surface area contributed by atoms with Gasteiger partial charge >= 0.3 is 6.09 Å². The molecule has 176 valence electrons. The van der Waals surface area contributed by atoms with Crippen molar-refractivity contribution in [2.45, 2.75) is 89.4 Å². The molecular formula is C23H34N4O5. The first kappa shape index (κ1) is 23.8. The molecule has 0 unspecified atom stereocenters.